The van der Waals surface area contributed by atoms with Crippen LogP contribution in [0.25, 0.3) is 0 Å². The van der Waals surface area contributed by atoms with E-state index in [1.807, 2.05) is 36.9 Å². The number of anilines is 1. The molecule has 1 aromatic carbocycles. The van der Waals surface area contributed by atoms with Gasteiger partial charge in [-0.3, -0.25) is 0 Å². The van der Waals surface area contributed by atoms with Crippen molar-refractivity contribution in [1.82, 2.24) is 0 Å². The summed E-state index contributed by atoms with van der Waals surface area (Å²) in [5.74, 6) is 0. The number of hydrogen-bond donors (Lipinski definition) is 1. The standard InChI is InChI=1S/C13H18N2S/c1-10-6-5-7-11(8-14)12(10)15-9-13(2,3)16-4/h5-7,15H,9H2,1-4H3. The maximum atomic E-state index is 9.03. The summed E-state index contributed by atoms with van der Waals surface area (Å²) in [7, 11) is 0. The third-order valence-corrected chi connectivity index (χ3v) is 3.89. The molecule has 3 heteroatoms. The first-order chi connectivity index (χ1) is 7.50. The van der Waals surface area contributed by atoms with E-state index in [0.717, 1.165) is 23.4 Å². The van der Waals surface area contributed by atoms with E-state index in [1.54, 1.807) is 0 Å². The lowest BCUT2D eigenvalue weighted by atomic mass is 10.1. The molecule has 1 N–H and O–H groups in total. The molecular weight excluding hydrogens is 216 g/mol. The van der Waals surface area contributed by atoms with Crippen LogP contribution >= 0.6 is 11.8 Å². The Kier molecular flexibility index (Phi) is 4.26. The normalized spacial score (nSPS) is 10.9. The summed E-state index contributed by atoms with van der Waals surface area (Å²) in [4.78, 5) is 0. The average Bonchev–Trinajstić information content (AvgIpc) is 2.27. The maximum Gasteiger partial charge on any atom is 0.101 e. The monoisotopic (exact) mass is 234 g/mol. The van der Waals surface area contributed by atoms with Gasteiger partial charge in [0.05, 0.1) is 11.3 Å². The quantitative estimate of drug-likeness (QED) is 0.867. The second kappa shape index (κ2) is 5.27. The molecule has 0 aliphatic heterocycles. The smallest absolute Gasteiger partial charge is 0.101 e. The Morgan fingerprint density at radius 1 is 1.44 bits per heavy atom. The Labute approximate surface area is 102 Å². The third kappa shape index (κ3) is 3.18. The van der Waals surface area contributed by atoms with Crippen molar-refractivity contribution in [1.29, 1.82) is 5.26 Å². The molecule has 0 radical (unpaired) electrons. The molecule has 0 saturated carbocycles. The highest BCUT2D eigenvalue weighted by molar-refractivity contribution is 7.99. The first kappa shape index (κ1) is 12.9. The molecule has 0 aliphatic carbocycles. The van der Waals surface area contributed by atoms with Gasteiger partial charge in [0.2, 0.25) is 0 Å². The van der Waals surface area contributed by atoms with Crippen LogP contribution in [0.15, 0.2) is 18.2 Å². The molecule has 16 heavy (non-hydrogen) atoms. The predicted molar refractivity (Wildman–Crippen MR) is 72.0 cm³/mol. The minimum atomic E-state index is 0.176. The molecule has 2 nitrogen and oxygen atoms in total. The first-order valence-corrected chi connectivity index (χ1v) is 6.51. The van der Waals surface area contributed by atoms with Crippen LogP contribution in [-0.4, -0.2) is 17.5 Å². The van der Waals surface area contributed by atoms with Crippen molar-refractivity contribution in [2.45, 2.75) is 25.5 Å². The first-order valence-electron chi connectivity index (χ1n) is 5.29. The molecule has 86 valence electrons. The van der Waals surface area contributed by atoms with Gasteiger partial charge < -0.3 is 5.32 Å². The minimum absolute atomic E-state index is 0.176. The van der Waals surface area contributed by atoms with Crippen LogP contribution < -0.4 is 5.32 Å². The molecule has 0 heterocycles. The van der Waals surface area contributed by atoms with E-state index in [2.05, 4.69) is 31.5 Å². The number of thioether (sulfide) groups is 1. The molecule has 0 spiro atoms. The molecule has 0 amide bonds. The highest BCUT2D eigenvalue weighted by Crippen LogP contribution is 2.25. The van der Waals surface area contributed by atoms with Crippen molar-refractivity contribution in [3.8, 4) is 6.07 Å². The fourth-order valence-electron chi connectivity index (χ4n) is 1.37. The summed E-state index contributed by atoms with van der Waals surface area (Å²) >= 11 is 1.82. The van der Waals surface area contributed by atoms with Gasteiger partial charge in [0.25, 0.3) is 0 Å². The Bertz CT molecular complexity index is 405. The molecule has 1 aromatic rings. The number of nitriles is 1. The lowest BCUT2D eigenvalue weighted by molar-refractivity contribution is 0.752. The van der Waals surface area contributed by atoms with Gasteiger partial charge in [-0.15, -0.1) is 0 Å². The second-order valence-electron chi connectivity index (χ2n) is 4.43. The molecular formula is C13H18N2S. The van der Waals surface area contributed by atoms with E-state index in [1.165, 1.54) is 0 Å². The minimum Gasteiger partial charge on any atom is -0.382 e. The van der Waals surface area contributed by atoms with E-state index in [-0.39, 0.29) is 4.75 Å². The van der Waals surface area contributed by atoms with Gasteiger partial charge in [-0.05, 0) is 38.7 Å². The molecule has 0 aromatic heterocycles. The van der Waals surface area contributed by atoms with Crippen molar-refractivity contribution in [3.05, 3.63) is 29.3 Å². The van der Waals surface area contributed by atoms with E-state index < -0.39 is 0 Å². The van der Waals surface area contributed by atoms with Gasteiger partial charge in [-0.2, -0.15) is 17.0 Å². The van der Waals surface area contributed by atoms with Crippen molar-refractivity contribution in [2.24, 2.45) is 0 Å². The molecule has 0 atom stereocenters. The van der Waals surface area contributed by atoms with E-state index in [4.69, 9.17) is 5.26 Å². The van der Waals surface area contributed by atoms with Crippen molar-refractivity contribution < 1.29 is 0 Å². The highest BCUT2D eigenvalue weighted by Gasteiger charge is 2.16. The largest absolute Gasteiger partial charge is 0.382 e. The number of hydrogen-bond acceptors (Lipinski definition) is 3. The summed E-state index contributed by atoms with van der Waals surface area (Å²) in [6.07, 6.45) is 2.10. The molecule has 0 unspecified atom stereocenters. The van der Waals surface area contributed by atoms with Crippen LogP contribution in [0.2, 0.25) is 0 Å². The summed E-state index contributed by atoms with van der Waals surface area (Å²) in [6.45, 7) is 7.26. The van der Waals surface area contributed by atoms with Crippen molar-refractivity contribution in [3.63, 3.8) is 0 Å². The molecule has 0 saturated heterocycles. The van der Waals surface area contributed by atoms with Crippen molar-refractivity contribution in [2.75, 3.05) is 18.1 Å². The fourth-order valence-corrected chi connectivity index (χ4v) is 1.59. The van der Waals surface area contributed by atoms with Crippen LogP contribution in [0.4, 0.5) is 5.69 Å². The Balaban J connectivity index is 2.86. The predicted octanol–water partition coefficient (Wildman–Crippen LogP) is 3.42. The zero-order chi connectivity index (χ0) is 12.2. The summed E-state index contributed by atoms with van der Waals surface area (Å²) < 4.78 is 0.176. The molecule has 0 aliphatic rings. The number of para-hydroxylation sites is 1. The van der Waals surface area contributed by atoms with Crippen LogP contribution in [0, 0.1) is 18.3 Å². The van der Waals surface area contributed by atoms with Gasteiger partial charge in [0.15, 0.2) is 0 Å². The lowest BCUT2D eigenvalue weighted by Crippen LogP contribution is -2.26. The number of benzene rings is 1. The average molecular weight is 234 g/mol. The van der Waals surface area contributed by atoms with Crippen LogP contribution in [0.1, 0.15) is 25.0 Å². The van der Waals surface area contributed by atoms with Crippen LogP contribution in [0.5, 0.6) is 0 Å². The van der Waals surface area contributed by atoms with Gasteiger partial charge >= 0.3 is 0 Å². The molecule has 1 rings (SSSR count). The fraction of sp³-hybridized carbons (Fsp3) is 0.462. The zero-order valence-electron chi connectivity index (χ0n) is 10.3. The van der Waals surface area contributed by atoms with Gasteiger partial charge in [-0.1, -0.05) is 12.1 Å². The van der Waals surface area contributed by atoms with Gasteiger partial charge in [0, 0.05) is 11.3 Å². The summed E-state index contributed by atoms with van der Waals surface area (Å²) in [6, 6.07) is 8.01. The lowest BCUT2D eigenvalue weighted by Gasteiger charge is -2.24. The van der Waals surface area contributed by atoms with Gasteiger partial charge in [-0.25, -0.2) is 0 Å². The van der Waals surface area contributed by atoms with Crippen LogP contribution in [-0.2, 0) is 0 Å². The Hall–Kier alpha value is -1.14. The van der Waals surface area contributed by atoms with Crippen LogP contribution in [0.3, 0.4) is 0 Å². The molecule has 0 fully saturated rings. The number of nitrogens with one attached hydrogen (secondary N) is 1. The second-order valence-corrected chi connectivity index (χ2v) is 5.94. The highest BCUT2D eigenvalue weighted by atomic mass is 32.2. The number of aryl methyl sites for hydroxylation is 1. The van der Waals surface area contributed by atoms with Gasteiger partial charge in [0.1, 0.15) is 6.07 Å². The van der Waals surface area contributed by atoms with E-state index in [9.17, 15) is 0 Å². The topological polar surface area (TPSA) is 35.8 Å². The summed E-state index contributed by atoms with van der Waals surface area (Å²) in [5, 5.41) is 12.4. The molecule has 0 bridgehead atoms. The maximum absolute atomic E-state index is 9.03. The zero-order valence-corrected chi connectivity index (χ0v) is 11.1. The Morgan fingerprint density at radius 2 is 2.12 bits per heavy atom. The number of rotatable bonds is 4. The van der Waals surface area contributed by atoms with E-state index >= 15 is 0 Å². The Morgan fingerprint density at radius 3 is 2.69 bits per heavy atom. The third-order valence-electron chi connectivity index (χ3n) is 2.64. The summed E-state index contributed by atoms with van der Waals surface area (Å²) in [5.41, 5.74) is 2.81. The van der Waals surface area contributed by atoms with Crippen molar-refractivity contribution >= 4 is 17.4 Å². The number of nitrogens with zero attached hydrogens (tertiary/aromatic N) is 1. The van der Waals surface area contributed by atoms with E-state index in [0.29, 0.717) is 0 Å². The SMILES string of the molecule is CSC(C)(C)CNc1c(C)cccc1C#N.